The first-order valence-electron chi connectivity index (χ1n) is 2.56. The minimum absolute atomic E-state index is 0.194. The van der Waals surface area contributed by atoms with E-state index in [1.165, 1.54) is 18.3 Å². The second kappa shape index (κ2) is 2.60. The Labute approximate surface area is 55.2 Å². The van der Waals surface area contributed by atoms with Gasteiger partial charge in [-0.25, -0.2) is 0 Å². The summed E-state index contributed by atoms with van der Waals surface area (Å²) >= 11 is 0. The van der Waals surface area contributed by atoms with Crippen LogP contribution in [0.5, 0.6) is 0 Å². The predicted octanol–water partition coefficient (Wildman–Crippen LogP) is 2.55. The summed E-state index contributed by atoms with van der Waals surface area (Å²) in [4.78, 5) is 2.31. The van der Waals surface area contributed by atoms with Crippen molar-refractivity contribution in [2.75, 3.05) is 0 Å². The SMILES string of the molecule is FC(F)=C(F)c1ccc[nH]1. The van der Waals surface area contributed by atoms with Crippen LogP contribution in [0.1, 0.15) is 5.69 Å². The average Bonchev–Trinajstić information content (AvgIpc) is 2.36. The maximum Gasteiger partial charge on any atom is 0.307 e. The highest BCUT2D eigenvalue weighted by Crippen LogP contribution is 2.19. The molecule has 0 aliphatic rings. The summed E-state index contributed by atoms with van der Waals surface area (Å²) in [7, 11) is 0. The third kappa shape index (κ3) is 1.21. The molecule has 0 radical (unpaired) electrons. The Balaban J connectivity index is 2.99. The summed E-state index contributed by atoms with van der Waals surface area (Å²) in [6.07, 6.45) is -0.930. The van der Waals surface area contributed by atoms with Gasteiger partial charge in [0.15, 0.2) is 0 Å². The van der Waals surface area contributed by atoms with Crippen LogP contribution in [-0.4, -0.2) is 4.98 Å². The summed E-state index contributed by atoms with van der Waals surface area (Å²) in [5.41, 5.74) is -0.194. The predicted molar refractivity (Wildman–Crippen MR) is 31.0 cm³/mol. The van der Waals surface area contributed by atoms with Gasteiger partial charge in [0, 0.05) is 6.20 Å². The minimum Gasteiger partial charge on any atom is -0.359 e. The molecule has 0 atom stereocenters. The van der Waals surface area contributed by atoms with Crippen LogP contribution in [-0.2, 0) is 0 Å². The van der Waals surface area contributed by atoms with Gasteiger partial charge in [0.1, 0.15) is 0 Å². The topological polar surface area (TPSA) is 15.8 Å². The molecular weight excluding hydrogens is 143 g/mol. The summed E-state index contributed by atoms with van der Waals surface area (Å²) in [5.74, 6) is -1.50. The van der Waals surface area contributed by atoms with Crippen molar-refractivity contribution in [2.45, 2.75) is 0 Å². The molecule has 1 aromatic rings. The molecule has 0 saturated carbocycles. The van der Waals surface area contributed by atoms with E-state index in [-0.39, 0.29) is 5.69 Å². The summed E-state index contributed by atoms with van der Waals surface area (Å²) < 4.78 is 35.1. The summed E-state index contributed by atoms with van der Waals surface area (Å²) in [6.45, 7) is 0. The number of nitrogens with one attached hydrogen (secondary N) is 1. The molecular formula is C6H4F3N. The Bertz CT molecular complexity index is 234. The Morgan fingerprint density at radius 3 is 2.40 bits per heavy atom. The first-order chi connectivity index (χ1) is 4.72. The van der Waals surface area contributed by atoms with Crippen LogP contribution < -0.4 is 0 Å². The first kappa shape index (κ1) is 6.92. The molecule has 0 aliphatic carbocycles. The zero-order chi connectivity index (χ0) is 7.56. The molecule has 4 heteroatoms. The van der Waals surface area contributed by atoms with Gasteiger partial charge in [-0.3, -0.25) is 0 Å². The van der Waals surface area contributed by atoms with Crippen LogP contribution in [0.3, 0.4) is 0 Å². The Morgan fingerprint density at radius 2 is 2.00 bits per heavy atom. The lowest BCUT2D eigenvalue weighted by Crippen LogP contribution is -1.76. The van der Waals surface area contributed by atoms with Gasteiger partial charge in [0.2, 0.25) is 5.83 Å². The van der Waals surface area contributed by atoms with Gasteiger partial charge in [0.25, 0.3) is 0 Å². The van der Waals surface area contributed by atoms with Gasteiger partial charge >= 0.3 is 6.08 Å². The normalized spacial score (nSPS) is 9.50. The van der Waals surface area contributed by atoms with Gasteiger partial charge in [-0.15, -0.1) is 0 Å². The molecule has 1 nitrogen and oxygen atoms in total. The van der Waals surface area contributed by atoms with Gasteiger partial charge < -0.3 is 4.98 Å². The smallest absolute Gasteiger partial charge is 0.307 e. The molecule has 1 N–H and O–H groups in total. The van der Waals surface area contributed by atoms with E-state index in [1.807, 2.05) is 0 Å². The zero-order valence-corrected chi connectivity index (χ0v) is 4.87. The molecule has 10 heavy (non-hydrogen) atoms. The van der Waals surface area contributed by atoms with Crippen molar-refractivity contribution in [2.24, 2.45) is 0 Å². The Kier molecular flexibility index (Phi) is 1.80. The number of halogens is 3. The van der Waals surface area contributed by atoms with E-state index >= 15 is 0 Å². The van der Waals surface area contributed by atoms with Crippen LogP contribution in [0.15, 0.2) is 24.4 Å². The fourth-order valence-electron chi connectivity index (χ4n) is 0.569. The lowest BCUT2D eigenvalue weighted by atomic mass is 10.4. The minimum atomic E-state index is -2.30. The van der Waals surface area contributed by atoms with E-state index in [0.717, 1.165) is 0 Å². The van der Waals surface area contributed by atoms with Crippen molar-refractivity contribution in [3.63, 3.8) is 0 Å². The third-order valence-corrected chi connectivity index (χ3v) is 1.00. The molecule has 0 fully saturated rings. The van der Waals surface area contributed by atoms with E-state index < -0.39 is 11.9 Å². The van der Waals surface area contributed by atoms with Crippen molar-refractivity contribution in [1.29, 1.82) is 0 Å². The van der Waals surface area contributed by atoms with Crippen LogP contribution in [0.4, 0.5) is 13.2 Å². The zero-order valence-electron chi connectivity index (χ0n) is 4.87. The van der Waals surface area contributed by atoms with Crippen molar-refractivity contribution in [1.82, 2.24) is 4.98 Å². The van der Waals surface area contributed by atoms with E-state index in [0.29, 0.717) is 0 Å². The molecule has 0 bridgehead atoms. The molecule has 0 unspecified atom stereocenters. The molecule has 0 spiro atoms. The molecule has 0 aliphatic heterocycles. The molecule has 1 heterocycles. The fourth-order valence-corrected chi connectivity index (χ4v) is 0.569. The van der Waals surface area contributed by atoms with E-state index in [4.69, 9.17) is 0 Å². The van der Waals surface area contributed by atoms with Crippen molar-refractivity contribution >= 4 is 5.83 Å². The molecule has 54 valence electrons. The molecule has 1 rings (SSSR count). The first-order valence-corrected chi connectivity index (χ1v) is 2.56. The highest BCUT2D eigenvalue weighted by Gasteiger charge is 2.07. The maximum absolute atomic E-state index is 12.2. The maximum atomic E-state index is 12.2. The largest absolute Gasteiger partial charge is 0.359 e. The number of H-pyrrole nitrogens is 1. The second-order valence-electron chi connectivity index (χ2n) is 1.66. The fraction of sp³-hybridized carbons (Fsp3) is 0. The monoisotopic (exact) mass is 147 g/mol. The van der Waals surface area contributed by atoms with Crippen LogP contribution in [0, 0.1) is 0 Å². The number of hydrogen-bond acceptors (Lipinski definition) is 0. The number of hydrogen-bond donors (Lipinski definition) is 1. The van der Waals surface area contributed by atoms with E-state index in [2.05, 4.69) is 4.98 Å². The highest BCUT2D eigenvalue weighted by atomic mass is 19.3. The average molecular weight is 147 g/mol. The van der Waals surface area contributed by atoms with E-state index in [1.54, 1.807) is 0 Å². The number of aromatic nitrogens is 1. The highest BCUT2D eigenvalue weighted by molar-refractivity contribution is 5.55. The third-order valence-electron chi connectivity index (χ3n) is 1.00. The van der Waals surface area contributed by atoms with Crippen LogP contribution in [0.2, 0.25) is 0 Å². The van der Waals surface area contributed by atoms with Crippen molar-refractivity contribution in [3.05, 3.63) is 30.1 Å². The lowest BCUT2D eigenvalue weighted by molar-refractivity contribution is 0.410. The van der Waals surface area contributed by atoms with Gasteiger partial charge in [-0.1, -0.05) is 0 Å². The Morgan fingerprint density at radius 1 is 1.30 bits per heavy atom. The quantitative estimate of drug-likeness (QED) is 0.628. The number of aromatic amines is 1. The van der Waals surface area contributed by atoms with Gasteiger partial charge in [-0.2, -0.15) is 13.2 Å². The molecule has 0 saturated heterocycles. The summed E-state index contributed by atoms with van der Waals surface area (Å²) in [6, 6.07) is 2.67. The van der Waals surface area contributed by atoms with Crippen LogP contribution in [0.25, 0.3) is 5.83 Å². The van der Waals surface area contributed by atoms with Crippen LogP contribution >= 0.6 is 0 Å². The lowest BCUT2D eigenvalue weighted by Gasteiger charge is -1.87. The Hall–Kier alpha value is -1.19. The molecule has 0 amide bonds. The van der Waals surface area contributed by atoms with E-state index in [9.17, 15) is 13.2 Å². The second-order valence-corrected chi connectivity index (χ2v) is 1.66. The standard InChI is InChI=1S/C6H4F3N/c7-5(6(8)9)4-2-1-3-10-4/h1-3,10H. The van der Waals surface area contributed by atoms with Gasteiger partial charge in [0.05, 0.1) is 5.69 Å². The van der Waals surface area contributed by atoms with Crippen molar-refractivity contribution < 1.29 is 13.2 Å². The number of rotatable bonds is 1. The summed E-state index contributed by atoms with van der Waals surface area (Å²) in [5, 5.41) is 0. The molecule has 0 aromatic carbocycles. The molecule has 1 aromatic heterocycles. The van der Waals surface area contributed by atoms with Gasteiger partial charge in [-0.05, 0) is 12.1 Å². The van der Waals surface area contributed by atoms with Crippen molar-refractivity contribution in [3.8, 4) is 0 Å².